The molecule has 0 radical (unpaired) electrons. The van der Waals surface area contributed by atoms with Crippen LogP contribution < -0.4 is 26.4 Å². The molecule has 14 heteroatoms. The monoisotopic (exact) mass is 429 g/mol. The second-order valence-corrected chi connectivity index (χ2v) is 6.17. The molecule has 0 aliphatic heterocycles. The molecule has 0 unspecified atom stereocenters. The van der Waals surface area contributed by atoms with Gasteiger partial charge in [-0.2, -0.15) is 9.78 Å². The van der Waals surface area contributed by atoms with Crippen LogP contribution in [0.4, 0.5) is 5.82 Å². The molecule has 0 aliphatic carbocycles. The molecule has 2 heterocycles. The van der Waals surface area contributed by atoms with Crippen molar-refractivity contribution in [2.24, 2.45) is 10.8 Å². The van der Waals surface area contributed by atoms with Crippen LogP contribution >= 0.6 is 0 Å². The largest absolute Gasteiger partial charge is 0.493 e. The summed E-state index contributed by atoms with van der Waals surface area (Å²) in [5, 5.41) is 18.9. The molecule has 3 rings (SSSR count). The van der Waals surface area contributed by atoms with Crippen molar-refractivity contribution in [3.05, 3.63) is 35.2 Å². The quantitative estimate of drug-likeness (QED) is 0.312. The van der Waals surface area contributed by atoms with Crippen LogP contribution in [0.2, 0.25) is 0 Å². The number of primary amides is 1. The number of ether oxygens (including phenoxy) is 2. The Bertz CT molecular complexity index is 1150. The average Bonchev–Trinajstić information content (AvgIpc) is 3.34. The Morgan fingerprint density at radius 3 is 2.71 bits per heavy atom. The van der Waals surface area contributed by atoms with Crippen molar-refractivity contribution in [3.63, 3.8) is 0 Å². The topological polar surface area (TPSA) is 199 Å². The molecule has 0 fully saturated rings. The van der Waals surface area contributed by atoms with E-state index in [2.05, 4.69) is 35.8 Å². The minimum atomic E-state index is -0.612. The number of methoxy groups -OCH3 is 1. The first-order chi connectivity index (χ1) is 14.8. The van der Waals surface area contributed by atoms with E-state index in [-0.39, 0.29) is 23.9 Å². The number of aryl methyl sites for hydroxylation is 1. The molecule has 31 heavy (non-hydrogen) atoms. The van der Waals surface area contributed by atoms with Crippen LogP contribution in [0.15, 0.2) is 27.9 Å². The second kappa shape index (κ2) is 8.89. The minimum Gasteiger partial charge on any atom is -0.493 e. The highest BCUT2D eigenvalue weighted by Gasteiger charge is 2.23. The molecule has 3 aromatic rings. The van der Waals surface area contributed by atoms with Crippen molar-refractivity contribution < 1.29 is 23.7 Å². The Balaban J connectivity index is 1.80. The number of rotatable bonds is 8. The van der Waals surface area contributed by atoms with Gasteiger partial charge in [-0.05, 0) is 42.4 Å². The van der Waals surface area contributed by atoms with Crippen LogP contribution in [0.1, 0.15) is 28.7 Å². The van der Waals surface area contributed by atoms with E-state index in [4.69, 9.17) is 20.9 Å². The van der Waals surface area contributed by atoms with Gasteiger partial charge in [-0.15, -0.1) is 5.10 Å². The summed E-state index contributed by atoms with van der Waals surface area (Å²) in [6.45, 7) is 2.99. The molecule has 1 aromatic carbocycles. The lowest BCUT2D eigenvalue weighted by Gasteiger charge is -2.11. The summed E-state index contributed by atoms with van der Waals surface area (Å²) in [4.78, 5) is 23.6. The van der Waals surface area contributed by atoms with Crippen LogP contribution in [-0.2, 0) is 4.79 Å². The molecule has 162 valence electrons. The number of hydrogen-bond donors (Lipinski definition) is 3. The third-order valence-electron chi connectivity index (χ3n) is 4.03. The summed E-state index contributed by atoms with van der Waals surface area (Å²) < 4.78 is 16.2. The number of amides is 2. The Hall–Kier alpha value is -4.49. The molecular formula is C17H19N9O5. The summed E-state index contributed by atoms with van der Waals surface area (Å²) in [7, 11) is 1.45. The number of hydrogen-bond acceptors (Lipinski definition) is 11. The van der Waals surface area contributed by atoms with Gasteiger partial charge >= 0.3 is 0 Å². The maximum Gasteiger partial charge on any atom is 0.292 e. The maximum absolute atomic E-state index is 12.7. The number of benzene rings is 1. The van der Waals surface area contributed by atoms with Crippen molar-refractivity contribution in [2.45, 2.75) is 13.8 Å². The number of nitrogens with one attached hydrogen (secondary N) is 1. The average molecular weight is 429 g/mol. The van der Waals surface area contributed by atoms with Crippen LogP contribution in [-0.4, -0.2) is 56.5 Å². The lowest BCUT2D eigenvalue weighted by Crippen LogP contribution is -2.24. The fraction of sp³-hybridized carbons (Fsp3) is 0.235. The summed E-state index contributed by atoms with van der Waals surface area (Å²) >= 11 is 0. The predicted octanol–water partition coefficient (Wildman–Crippen LogP) is -0.432. The number of nitrogen functional groups attached to an aromatic ring is 1. The molecule has 0 atom stereocenters. The number of nitrogens with zero attached hydrogens (tertiary/aromatic N) is 6. The van der Waals surface area contributed by atoms with Crippen molar-refractivity contribution in [2.75, 3.05) is 19.5 Å². The first kappa shape index (κ1) is 21.2. The maximum atomic E-state index is 12.7. The van der Waals surface area contributed by atoms with Gasteiger partial charge in [0.1, 0.15) is 0 Å². The first-order valence-electron chi connectivity index (χ1n) is 8.76. The van der Waals surface area contributed by atoms with Gasteiger partial charge in [0.25, 0.3) is 11.8 Å². The summed E-state index contributed by atoms with van der Waals surface area (Å²) in [5.41, 5.74) is 14.7. The molecular weight excluding hydrogens is 410 g/mol. The highest BCUT2D eigenvalue weighted by atomic mass is 16.6. The number of carbonyl (C=O) groups is 2. The van der Waals surface area contributed by atoms with Crippen molar-refractivity contribution in [3.8, 4) is 17.3 Å². The normalized spacial score (nSPS) is 11.3. The van der Waals surface area contributed by atoms with E-state index < -0.39 is 11.8 Å². The molecule has 0 spiro atoms. The van der Waals surface area contributed by atoms with Crippen LogP contribution in [0.3, 0.4) is 0 Å². The van der Waals surface area contributed by atoms with E-state index >= 15 is 0 Å². The number of aromatic nitrogens is 5. The molecule has 0 saturated carbocycles. The van der Waals surface area contributed by atoms with Crippen LogP contribution in [0.25, 0.3) is 5.82 Å². The van der Waals surface area contributed by atoms with E-state index in [1.54, 1.807) is 32.0 Å². The van der Waals surface area contributed by atoms with Gasteiger partial charge in [0.2, 0.25) is 11.6 Å². The first-order valence-corrected chi connectivity index (χ1v) is 8.76. The van der Waals surface area contributed by atoms with Gasteiger partial charge in [-0.1, -0.05) is 5.21 Å². The zero-order valence-corrected chi connectivity index (χ0v) is 16.8. The number of nitrogens with two attached hydrogens (primary N) is 2. The molecule has 0 saturated heterocycles. The molecule has 2 amide bonds. The lowest BCUT2D eigenvalue weighted by atomic mass is 10.1. The molecule has 0 aliphatic rings. The van der Waals surface area contributed by atoms with Gasteiger partial charge in [0, 0.05) is 5.56 Å². The lowest BCUT2D eigenvalue weighted by molar-refractivity contribution is -0.119. The zero-order valence-electron chi connectivity index (χ0n) is 16.8. The van der Waals surface area contributed by atoms with Gasteiger partial charge < -0.3 is 20.9 Å². The second-order valence-electron chi connectivity index (χ2n) is 6.17. The Morgan fingerprint density at radius 1 is 1.29 bits per heavy atom. The van der Waals surface area contributed by atoms with Crippen molar-refractivity contribution in [1.82, 2.24) is 30.7 Å². The summed E-state index contributed by atoms with van der Waals surface area (Å²) in [6.07, 6.45) is 0. The predicted molar refractivity (Wildman–Crippen MR) is 106 cm³/mol. The SMILES string of the molecule is COc1cc(/C(C)=N\NC(=O)c2c(C)nnn2-c2nonc2N)ccc1OCC(N)=O. The van der Waals surface area contributed by atoms with Crippen molar-refractivity contribution >= 4 is 23.3 Å². The molecule has 2 aromatic heterocycles. The molecule has 0 bridgehead atoms. The number of anilines is 1. The summed E-state index contributed by atoms with van der Waals surface area (Å²) in [6, 6.07) is 4.92. The standard InChI is InChI=1S/C17H19N9O5/c1-8(10-4-5-11(12(6-10)29-3)30-7-13(18)27)20-22-17(28)14-9(2)21-25-26(14)16-15(19)23-31-24-16/h4-6H,7H2,1-3H3,(H2,18,27)(H2,19,23)(H,22,28)/b20-8-. The van der Waals surface area contributed by atoms with Gasteiger partial charge in [0.15, 0.2) is 23.8 Å². The zero-order chi connectivity index (χ0) is 22.5. The van der Waals surface area contributed by atoms with Gasteiger partial charge in [0.05, 0.1) is 18.5 Å². The third kappa shape index (κ3) is 4.58. The molecule has 14 nitrogen and oxygen atoms in total. The Morgan fingerprint density at radius 2 is 2.06 bits per heavy atom. The van der Waals surface area contributed by atoms with Gasteiger partial charge in [-0.3, -0.25) is 9.59 Å². The minimum absolute atomic E-state index is 0.0303. The number of hydrazone groups is 1. The highest BCUT2D eigenvalue weighted by Crippen LogP contribution is 2.28. The fourth-order valence-corrected chi connectivity index (χ4v) is 2.52. The molecule has 5 N–H and O–H groups in total. The highest BCUT2D eigenvalue weighted by molar-refractivity contribution is 6.01. The van der Waals surface area contributed by atoms with E-state index in [0.29, 0.717) is 28.5 Å². The van der Waals surface area contributed by atoms with E-state index in [9.17, 15) is 9.59 Å². The fourth-order valence-electron chi connectivity index (χ4n) is 2.52. The van der Waals surface area contributed by atoms with E-state index in [1.165, 1.54) is 7.11 Å². The Labute approximate surface area is 175 Å². The van der Waals surface area contributed by atoms with E-state index in [1.807, 2.05) is 0 Å². The Kier molecular flexibility index (Phi) is 6.09. The van der Waals surface area contributed by atoms with E-state index in [0.717, 1.165) is 4.68 Å². The number of carbonyl (C=O) groups excluding carboxylic acids is 2. The van der Waals surface area contributed by atoms with Gasteiger partial charge in [-0.25, -0.2) is 10.1 Å². The van der Waals surface area contributed by atoms with Crippen LogP contribution in [0.5, 0.6) is 11.5 Å². The summed E-state index contributed by atoms with van der Waals surface area (Å²) in [5.74, 6) is -0.526. The third-order valence-corrected chi connectivity index (χ3v) is 4.03. The smallest absolute Gasteiger partial charge is 0.292 e. The van der Waals surface area contributed by atoms with Crippen LogP contribution in [0, 0.1) is 6.92 Å². The van der Waals surface area contributed by atoms with Crippen molar-refractivity contribution in [1.29, 1.82) is 0 Å².